The number of carbonyl (C=O) groups excluding carboxylic acids is 4. The Morgan fingerprint density at radius 1 is 0.267 bits per heavy atom. The maximum Gasteiger partial charge on any atom is 0.472 e. The van der Waals surface area contributed by atoms with Crippen molar-refractivity contribution in [3.05, 3.63) is 0 Å². The predicted molar refractivity (Wildman–Crippen MR) is 414 cm³/mol. The van der Waals surface area contributed by atoms with Gasteiger partial charge in [-0.1, -0.05) is 376 Å². The van der Waals surface area contributed by atoms with E-state index in [0.29, 0.717) is 31.6 Å². The molecule has 0 bridgehead atoms. The van der Waals surface area contributed by atoms with Crippen molar-refractivity contribution in [2.45, 2.75) is 446 Å². The van der Waals surface area contributed by atoms with Crippen LogP contribution in [0.15, 0.2) is 0 Å². The van der Waals surface area contributed by atoms with Gasteiger partial charge in [0.05, 0.1) is 26.4 Å². The van der Waals surface area contributed by atoms with Crippen molar-refractivity contribution < 1.29 is 80.2 Å². The molecular formula is C82H160O17P2. The summed E-state index contributed by atoms with van der Waals surface area (Å²) >= 11 is 0. The second kappa shape index (κ2) is 72.3. The van der Waals surface area contributed by atoms with Crippen molar-refractivity contribution in [2.75, 3.05) is 39.6 Å². The number of esters is 4. The zero-order chi connectivity index (χ0) is 74.4. The zero-order valence-corrected chi connectivity index (χ0v) is 68.2. The molecule has 0 saturated heterocycles. The summed E-state index contributed by atoms with van der Waals surface area (Å²) in [6.45, 7) is 11.9. The van der Waals surface area contributed by atoms with Crippen LogP contribution in [0.5, 0.6) is 0 Å². The van der Waals surface area contributed by atoms with Crippen LogP contribution in [0.3, 0.4) is 0 Å². The fourth-order valence-electron chi connectivity index (χ4n) is 12.7. The number of unbranched alkanes of at least 4 members (excludes halogenated alkanes) is 48. The Balaban J connectivity index is 5.21. The van der Waals surface area contributed by atoms with Gasteiger partial charge in [0.25, 0.3) is 0 Å². The van der Waals surface area contributed by atoms with Gasteiger partial charge in [0.1, 0.15) is 19.3 Å². The summed E-state index contributed by atoms with van der Waals surface area (Å²) in [5.74, 6) is 0.139. The van der Waals surface area contributed by atoms with Gasteiger partial charge in [-0.3, -0.25) is 37.3 Å². The Morgan fingerprint density at radius 2 is 0.455 bits per heavy atom. The molecule has 0 aliphatic rings. The van der Waals surface area contributed by atoms with E-state index < -0.39 is 97.5 Å². The average Bonchev–Trinajstić information content (AvgIpc) is 0.968. The quantitative estimate of drug-likeness (QED) is 0.0222. The van der Waals surface area contributed by atoms with E-state index in [0.717, 1.165) is 108 Å². The van der Waals surface area contributed by atoms with Gasteiger partial charge >= 0.3 is 39.5 Å². The third-order valence-electron chi connectivity index (χ3n) is 19.1. The predicted octanol–water partition coefficient (Wildman–Crippen LogP) is 24.5. The van der Waals surface area contributed by atoms with Crippen molar-refractivity contribution >= 4 is 39.5 Å². The van der Waals surface area contributed by atoms with E-state index in [-0.39, 0.29) is 25.7 Å². The lowest BCUT2D eigenvalue weighted by Gasteiger charge is -2.21. The molecule has 2 unspecified atom stereocenters. The summed E-state index contributed by atoms with van der Waals surface area (Å²) in [6.07, 6.45) is 61.4. The van der Waals surface area contributed by atoms with E-state index in [1.807, 2.05) is 0 Å². The van der Waals surface area contributed by atoms with Crippen molar-refractivity contribution in [1.82, 2.24) is 0 Å². The molecule has 0 aromatic carbocycles. The summed E-state index contributed by atoms with van der Waals surface area (Å²) in [7, 11) is -9.92. The van der Waals surface area contributed by atoms with Crippen LogP contribution < -0.4 is 0 Å². The molecule has 0 aromatic rings. The number of hydrogen-bond donors (Lipinski definition) is 3. The Bertz CT molecular complexity index is 1960. The van der Waals surface area contributed by atoms with Crippen LogP contribution in [-0.2, 0) is 65.4 Å². The standard InChI is InChI=1S/C82H160O17P2/c1-8-9-10-11-12-13-14-15-16-17-21-24-27-30-36-41-49-56-63-79(84)92-69-77(98-81(86)65-58-51-42-37-31-28-25-22-19-18-20-23-26-29-34-39-46-53-60-73(2)3)71-96-100(88,89)94-67-76(83)68-95-101(90,91)97-72-78(70-93-80(85)64-57-50-45-44-48-55-62-75(6)7)99-82(87)66-59-52-43-38-33-32-35-40-47-54-61-74(4)5/h73-78,83H,8-72H2,1-7H3,(H,88,89)(H,90,91)/t76-,77-,78-/m1/s1. The maximum absolute atomic E-state index is 13.1. The summed E-state index contributed by atoms with van der Waals surface area (Å²) in [6, 6.07) is 0. The van der Waals surface area contributed by atoms with E-state index in [2.05, 4.69) is 48.5 Å². The number of hydrogen-bond acceptors (Lipinski definition) is 15. The molecule has 0 spiro atoms. The van der Waals surface area contributed by atoms with Crippen molar-refractivity contribution in [3.8, 4) is 0 Å². The molecular weight excluding hydrogens is 1320 g/mol. The van der Waals surface area contributed by atoms with Crippen LogP contribution in [0.2, 0.25) is 0 Å². The minimum atomic E-state index is -4.96. The van der Waals surface area contributed by atoms with E-state index >= 15 is 0 Å². The minimum absolute atomic E-state index is 0.105. The first-order valence-electron chi connectivity index (χ1n) is 42.3. The van der Waals surface area contributed by atoms with Crippen LogP contribution in [0.1, 0.15) is 427 Å². The Kier molecular flexibility index (Phi) is 70.9. The van der Waals surface area contributed by atoms with Gasteiger partial charge < -0.3 is 33.8 Å². The SMILES string of the molecule is CCCCCCCCCCCCCCCCCCCCC(=O)OC[C@H](COP(=O)(O)OC[C@@H](O)COP(=O)(O)OC[C@@H](COC(=O)CCCCCCCCC(C)C)OC(=O)CCCCCCCCCCCCC(C)C)OC(=O)CCCCCCCCCCCCCCCCCCCCC(C)C. The highest BCUT2D eigenvalue weighted by Gasteiger charge is 2.30. The van der Waals surface area contributed by atoms with Crippen molar-refractivity contribution in [3.63, 3.8) is 0 Å². The number of phosphoric ester groups is 2. The third kappa shape index (κ3) is 76.1. The molecule has 0 saturated carbocycles. The Labute approximate surface area is 619 Å². The van der Waals surface area contributed by atoms with Crippen LogP contribution in [0.4, 0.5) is 0 Å². The van der Waals surface area contributed by atoms with Crippen molar-refractivity contribution in [2.24, 2.45) is 17.8 Å². The molecule has 600 valence electrons. The highest BCUT2D eigenvalue weighted by molar-refractivity contribution is 7.47. The summed E-state index contributed by atoms with van der Waals surface area (Å²) in [4.78, 5) is 73.0. The highest BCUT2D eigenvalue weighted by Crippen LogP contribution is 2.45. The summed E-state index contributed by atoms with van der Waals surface area (Å²) in [5, 5.41) is 10.6. The van der Waals surface area contributed by atoms with E-state index in [1.54, 1.807) is 0 Å². The molecule has 0 aliphatic heterocycles. The number of ether oxygens (including phenoxy) is 4. The molecule has 101 heavy (non-hydrogen) atoms. The summed E-state index contributed by atoms with van der Waals surface area (Å²) < 4.78 is 68.7. The number of aliphatic hydroxyl groups is 1. The van der Waals surface area contributed by atoms with E-state index in [4.69, 9.17) is 37.0 Å². The van der Waals surface area contributed by atoms with Gasteiger partial charge in [-0.25, -0.2) is 9.13 Å². The largest absolute Gasteiger partial charge is 0.472 e. The van der Waals surface area contributed by atoms with E-state index in [9.17, 15) is 43.2 Å². The lowest BCUT2D eigenvalue weighted by atomic mass is 10.0. The minimum Gasteiger partial charge on any atom is -0.462 e. The van der Waals surface area contributed by atoms with Crippen LogP contribution in [-0.4, -0.2) is 96.7 Å². The topological polar surface area (TPSA) is 237 Å². The number of aliphatic hydroxyl groups excluding tert-OH is 1. The van der Waals surface area contributed by atoms with Gasteiger partial charge in [0.15, 0.2) is 12.2 Å². The lowest BCUT2D eigenvalue weighted by Crippen LogP contribution is -2.30. The lowest BCUT2D eigenvalue weighted by molar-refractivity contribution is -0.161. The molecule has 0 aromatic heterocycles. The molecule has 0 amide bonds. The van der Waals surface area contributed by atoms with Gasteiger partial charge in [-0.2, -0.15) is 0 Å². The van der Waals surface area contributed by atoms with Gasteiger partial charge in [0, 0.05) is 25.7 Å². The average molecular weight is 1480 g/mol. The fraction of sp³-hybridized carbons (Fsp3) is 0.951. The third-order valence-corrected chi connectivity index (χ3v) is 21.0. The molecule has 0 rings (SSSR count). The van der Waals surface area contributed by atoms with Gasteiger partial charge in [-0.05, 0) is 43.4 Å². The molecule has 17 nitrogen and oxygen atoms in total. The Morgan fingerprint density at radius 3 is 0.673 bits per heavy atom. The highest BCUT2D eigenvalue weighted by atomic mass is 31.2. The molecule has 0 radical (unpaired) electrons. The van der Waals surface area contributed by atoms with Crippen LogP contribution >= 0.6 is 15.6 Å². The number of rotatable bonds is 80. The Hall–Kier alpha value is -1.94. The molecule has 0 fully saturated rings. The number of phosphoric acid groups is 2. The van der Waals surface area contributed by atoms with Crippen molar-refractivity contribution in [1.29, 1.82) is 0 Å². The molecule has 0 heterocycles. The second-order valence-corrected chi connectivity index (χ2v) is 33.8. The normalized spacial score (nSPS) is 14.0. The monoisotopic (exact) mass is 1480 g/mol. The van der Waals surface area contributed by atoms with Gasteiger partial charge in [0.2, 0.25) is 0 Å². The van der Waals surface area contributed by atoms with E-state index in [1.165, 1.54) is 231 Å². The molecule has 19 heteroatoms. The molecule has 3 N–H and O–H groups in total. The zero-order valence-electron chi connectivity index (χ0n) is 66.4. The molecule has 5 atom stereocenters. The van der Waals surface area contributed by atoms with Crippen LogP contribution in [0.25, 0.3) is 0 Å². The first-order valence-corrected chi connectivity index (χ1v) is 45.3. The summed E-state index contributed by atoms with van der Waals surface area (Å²) in [5.41, 5.74) is 0. The molecule has 0 aliphatic carbocycles. The van der Waals surface area contributed by atoms with Crippen LogP contribution in [0, 0.1) is 17.8 Å². The fourth-order valence-corrected chi connectivity index (χ4v) is 14.2. The second-order valence-electron chi connectivity index (χ2n) is 30.9. The van der Waals surface area contributed by atoms with Gasteiger partial charge in [-0.15, -0.1) is 0 Å². The first kappa shape index (κ1) is 99.1. The number of carbonyl (C=O) groups is 4. The smallest absolute Gasteiger partial charge is 0.462 e. The maximum atomic E-state index is 13.1. The first-order chi connectivity index (χ1) is 48.7.